The zero-order valence-electron chi connectivity index (χ0n) is 7.21. The molecule has 5 nitrogen and oxygen atoms in total. The maximum atomic E-state index is 11.2. The highest BCUT2D eigenvalue weighted by atomic mass is 16.3. The van der Waals surface area contributed by atoms with Gasteiger partial charge in [0.05, 0.1) is 6.61 Å². The van der Waals surface area contributed by atoms with Gasteiger partial charge < -0.3 is 20.4 Å². The molecule has 0 spiro atoms. The third kappa shape index (κ3) is 2.01. The Balaban J connectivity index is 2.97. The maximum absolute atomic E-state index is 11.2. The third-order valence-electron chi connectivity index (χ3n) is 1.74. The van der Waals surface area contributed by atoms with Crippen LogP contribution in [0.4, 0.5) is 0 Å². The maximum Gasteiger partial charge on any atom is 0.193 e. The molecule has 1 rings (SSSR count). The molecule has 0 aliphatic carbocycles. The number of aliphatic hydroxyl groups is 2. The molecule has 0 amide bonds. The summed E-state index contributed by atoms with van der Waals surface area (Å²) in [4.78, 5) is 11.2. The molecule has 1 unspecified atom stereocenters. The number of hydrogen-bond donors (Lipinski definition) is 4. The lowest BCUT2D eigenvalue weighted by molar-refractivity contribution is 0.0587. The lowest BCUT2D eigenvalue weighted by Crippen LogP contribution is -2.24. The predicted molar refractivity (Wildman–Crippen MR) is 47.2 cm³/mol. The first kappa shape index (κ1) is 10.5. The van der Waals surface area contributed by atoms with Crippen LogP contribution in [0.15, 0.2) is 18.2 Å². The minimum absolute atomic E-state index is 0.0295. The third-order valence-corrected chi connectivity index (χ3v) is 1.74. The smallest absolute Gasteiger partial charge is 0.193 e. The van der Waals surface area contributed by atoms with E-state index in [-0.39, 0.29) is 11.3 Å². The molecule has 0 fully saturated rings. The Morgan fingerprint density at radius 1 is 1.29 bits per heavy atom. The number of carbonyl (C=O) groups is 1. The average Bonchev–Trinajstić information content (AvgIpc) is 2.20. The van der Waals surface area contributed by atoms with Crippen LogP contribution < -0.4 is 0 Å². The number of hydrogen-bond acceptors (Lipinski definition) is 5. The Bertz CT molecular complexity index is 347. The van der Waals surface area contributed by atoms with Crippen molar-refractivity contribution in [1.29, 1.82) is 0 Å². The first-order valence-electron chi connectivity index (χ1n) is 3.91. The van der Waals surface area contributed by atoms with E-state index in [0.717, 1.165) is 12.1 Å². The highest BCUT2D eigenvalue weighted by Crippen LogP contribution is 2.25. The summed E-state index contributed by atoms with van der Waals surface area (Å²) in [5.41, 5.74) is 0.0295. The van der Waals surface area contributed by atoms with E-state index >= 15 is 0 Å². The Morgan fingerprint density at radius 3 is 2.43 bits per heavy atom. The normalized spacial score (nSPS) is 12.4. The van der Waals surface area contributed by atoms with Crippen molar-refractivity contribution in [2.24, 2.45) is 0 Å². The van der Waals surface area contributed by atoms with Crippen molar-refractivity contribution in [2.75, 3.05) is 6.61 Å². The SMILES string of the molecule is O=C(c1ccc(O)c(O)c1)C(O)CO. The van der Waals surface area contributed by atoms with Crippen LogP contribution in [-0.2, 0) is 0 Å². The van der Waals surface area contributed by atoms with Crippen LogP contribution in [-0.4, -0.2) is 38.9 Å². The molecule has 0 bridgehead atoms. The fraction of sp³-hybridized carbons (Fsp3) is 0.222. The van der Waals surface area contributed by atoms with Crippen molar-refractivity contribution in [2.45, 2.75) is 6.10 Å². The molecule has 76 valence electrons. The molecule has 0 radical (unpaired) electrons. The largest absolute Gasteiger partial charge is 0.504 e. The van der Waals surface area contributed by atoms with Crippen molar-refractivity contribution in [3.8, 4) is 11.5 Å². The number of phenols is 2. The van der Waals surface area contributed by atoms with Gasteiger partial charge in [-0.15, -0.1) is 0 Å². The Labute approximate surface area is 79.9 Å². The van der Waals surface area contributed by atoms with Crippen LogP contribution in [0.2, 0.25) is 0 Å². The second kappa shape index (κ2) is 4.08. The van der Waals surface area contributed by atoms with Gasteiger partial charge in [-0.25, -0.2) is 0 Å². The van der Waals surface area contributed by atoms with Crippen LogP contribution in [0, 0.1) is 0 Å². The molecule has 1 atom stereocenters. The van der Waals surface area contributed by atoms with Crippen LogP contribution >= 0.6 is 0 Å². The highest BCUT2D eigenvalue weighted by molar-refractivity contribution is 5.99. The molecule has 1 aromatic carbocycles. The van der Waals surface area contributed by atoms with Crippen LogP contribution in [0.25, 0.3) is 0 Å². The Hall–Kier alpha value is -1.59. The number of rotatable bonds is 3. The van der Waals surface area contributed by atoms with Gasteiger partial charge in [0.15, 0.2) is 17.3 Å². The summed E-state index contributed by atoms with van der Waals surface area (Å²) in [6.45, 7) is -0.680. The Kier molecular flexibility index (Phi) is 3.06. The lowest BCUT2D eigenvalue weighted by Gasteiger charge is -2.06. The molecule has 5 heteroatoms. The summed E-state index contributed by atoms with van der Waals surface area (Å²) in [6.07, 6.45) is -1.50. The zero-order chi connectivity index (χ0) is 10.7. The van der Waals surface area contributed by atoms with E-state index in [1.54, 1.807) is 0 Å². The zero-order valence-corrected chi connectivity index (χ0v) is 7.21. The predicted octanol–water partition coefficient (Wildman–Crippen LogP) is -0.366. The van der Waals surface area contributed by atoms with Gasteiger partial charge in [0, 0.05) is 5.56 Å². The second-order valence-corrected chi connectivity index (χ2v) is 2.77. The summed E-state index contributed by atoms with van der Waals surface area (Å²) in [5, 5.41) is 35.5. The lowest BCUT2D eigenvalue weighted by atomic mass is 10.1. The van der Waals surface area contributed by atoms with Crippen LogP contribution in [0.5, 0.6) is 11.5 Å². The second-order valence-electron chi connectivity index (χ2n) is 2.77. The van der Waals surface area contributed by atoms with Gasteiger partial charge in [0.2, 0.25) is 0 Å². The quantitative estimate of drug-likeness (QED) is 0.392. The summed E-state index contributed by atoms with van der Waals surface area (Å²) in [5.74, 6) is -1.50. The van der Waals surface area contributed by atoms with Gasteiger partial charge >= 0.3 is 0 Å². The molecule has 0 aliphatic heterocycles. The van der Waals surface area contributed by atoms with Crippen molar-refractivity contribution >= 4 is 5.78 Å². The van der Waals surface area contributed by atoms with Crippen molar-refractivity contribution in [3.63, 3.8) is 0 Å². The van der Waals surface area contributed by atoms with Gasteiger partial charge in [0.1, 0.15) is 6.10 Å². The summed E-state index contributed by atoms with van der Waals surface area (Å²) in [6, 6.07) is 3.40. The van der Waals surface area contributed by atoms with Crippen molar-refractivity contribution in [1.82, 2.24) is 0 Å². The number of ketones is 1. The first-order chi connectivity index (χ1) is 6.56. The fourth-order valence-corrected chi connectivity index (χ4v) is 0.952. The van der Waals surface area contributed by atoms with Gasteiger partial charge in [-0.2, -0.15) is 0 Å². The fourth-order valence-electron chi connectivity index (χ4n) is 0.952. The molecule has 0 heterocycles. The van der Waals surface area contributed by atoms with Gasteiger partial charge in [-0.05, 0) is 18.2 Å². The van der Waals surface area contributed by atoms with Crippen molar-refractivity contribution in [3.05, 3.63) is 23.8 Å². The molecule has 0 saturated heterocycles. The van der Waals surface area contributed by atoms with Crippen molar-refractivity contribution < 1.29 is 25.2 Å². The molecular formula is C9H10O5. The topological polar surface area (TPSA) is 98.0 Å². The average molecular weight is 198 g/mol. The highest BCUT2D eigenvalue weighted by Gasteiger charge is 2.16. The minimum Gasteiger partial charge on any atom is -0.504 e. The number of carbonyl (C=O) groups excluding carboxylic acids is 1. The standard InChI is InChI=1S/C9H10O5/c10-4-8(13)9(14)5-1-2-6(11)7(12)3-5/h1-3,8,10-13H,4H2. The molecule has 0 saturated carbocycles. The van der Waals surface area contributed by atoms with E-state index < -0.39 is 24.2 Å². The van der Waals surface area contributed by atoms with E-state index in [4.69, 9.17) is 20.4 Å². The monoisotopic (exact) mass is 198 g/mol. The van der Waals surface area contributed by atoms with Gasteiger partial charge in [-0.1, -0.05) is 0 Å². The van der Waals surface area contributed by atoms with Crippen LogP contribution in [0.3, 0.4) is 0 Å². The van der Waals surface area contributed by atoms with E-state index in [0.29, 0.717) is 0 Å². The number of benzene rings is 1. The molecule has 0 aliphatic rings. The van der Waals surface area contributed by atoms with E-state index in [1.165, 1.54) is 6.07 Å². The Morgan fingerprint density at radius 2 is 1.93 bits per heavy atom. The van der Waals surface area contributed by atoms with E-state index in [1.807, 2.05) is 0 Å². The molecular weight excluding hydrogens is 188 g/mol. The van der Waals surface area contributed by atoms with E-state index in [2.05, 4.69) is 0 Å². The summed E-state index contributed by atoms with van der Waals surface area (Å²) >= 11 is 0. The first-order valence-corrected chi connectivity index (χ1v) is 3.91. The molecule has 1 aromatic rings. The minimum atomic E-state index is -1.50. The number of aromatic hydroxyl groups is 2. The number of aliphatic hydroxyl groups excluding tert-OH is 2. The van der Waals surface area contributed by atoms with Crippen LogP contribution in [0.1, 0.15) is 10.4 Å². The van der Waals surface area contributed by atoms with Gasteiger partial charge in [-0.3, -0.25) is 4.79 Å². The molecule has 14 heavy (non-hydrogen) atoms. The number of phenolic OH excluding ortho intramolecular Hbond substituents is 2. The van der Waals surface area contributed by atoms with Gasteiger partial charge in [0.25, 0.3) is 0 Å². The molecule has 4 N–H and O–H groups in total. The van der Waals surface area contributed by atoms with E-state index in [9.17, 15) is 4.79 Å². The molecule has 0 aromatic heterocycles. The number of Topliss-reactive ketones (excluding diaryl/α,β-unsaturated/α-hetero) is 1. The summed E-state index contributed by atoms with van der Waals surface area (Å²) < 4.78 is 0. The summed E-state index contributed by atoms with van der Waals surface area (Å²) in [7, 11) is 0.